The lowest BCUT2D eigenvalue weighted by atomic mass is 10.1. The third-order valence-corrected chi connectivity index (χ3v) is 3.58. The van der Waals surface area contributed by atoms with Crippen LogP contribution in [0.1, 0.15) is 11.1 Å². The molecule has 3 rings (SSSR count). The van der Waals surface area contributed by atoms with Crippen LogP contribution in [0.3, 0.4) is 0 Å². The van der Waals surface area contributed by atoms with Crippen LogP contribution in [-0.2, 0) is 0 Å². The van der Waals surface area contributed by atoms with Gasteiger partial charge in [0.25, 0.3) is 0 Å². The second kappa shape index (κ2) is 5.13. The van der Waals surface area contributed by atoms with Crippen molar-refractivity contribution in [1.82, 2.24) is 9.97 Å². The predicted octanol–water partition coefficient (Wildman–Crippen LogP) is 4.09. The van der Waals surface area contributed by atoms with Crippen LogP contribution < -0.4 is 5.32 Å². The highest BCUT2D eigenvalue weighted by Crippen LogP contribution is 2.27. The SMILES string of the molecule is CNc1nc(-c2ccc(F)c(C)c2)nc2cccc(C)c12. The molecule has 0 fully saturated rings. The van der Waals surface area contributed by atoms with Crippen molar-refractivity contribution in [2.24, 2.45) is 0 Å². The molecule has 1 aromatic heterocycles. The smallest absolute Gasteiger partial charge is 0.162 e. The van der Waals surface area contributed by atoms with Gasteiger partial charge in [-0.2, -0.15) is 0 Å². The van der Waals surface area contributed by atoms with E-state index >= 15 is 0 Å². The molecule has 3 aromatic rings. The normalized spacial score (nSPS) is 10.9. The Balaban J connectivity index is 2.26. The molecular formula is C17H16FN3. The molecule has 0 aliphatic heterocycles. The van der Waals surface area contributed by atoms with E-state index in [2.05, 4.69) is 15.3 Å². The van der Waals surface area contributed by atoms with Gasteiger partial charge >= 0.3 is 0 Å². The monoisotopic (exact) mass is 281 g/mol. The van der Waals surface area contributed by atoms with Crippen LogP contribution in [0.5, 0.6) is 0 Å². The molecule has 0 unspecified atom stereocenters. The first-order chi connectivity index (χ1) is 10.1. The van der Waals surface area contributed by atoms with Gasteiger partial charge in [-0.3, -0.25) is 0 Å². The molecule has 21 heavy (non-hydrogen) atoms. The first kappa shape index (κ1) is 13.5. The zero-order valence-electron chi connectivity index (χ0n) is 12.2. The van der Waals surface area contributed by atoms with Gasteiger partial charge in [-0.05, 0) is 49.2 Å². The lowest BCUT2D eigenvalue weighted by Crippen LogP contribution is -2.00. The fraction of sp³-hybridized carbons (Fsp3) is 0.176. The molecule has 0 aliphatic rings. The van der Waals surface area contributed by atoms with Crippen molar-refractivity contribution in [1.29, 1.82) is 0 Å². The van der Waals surface area contributed by atoms with Crippen LogP contribution >= 0.6 is 0 Å². The minimum atomic E-state index is -0.218. The Morgan fingerprint density at radius 3 is 2.52 bits per heavy atom. The van der Waals surface area contributed by atoms with E-state index in [9.17, 15) is 4.39 Å². The summed E-state index contributed by atoms with van der Waals surface area (Å²) in [6.07, 6.45) is 0. The Bertz CT molecular complexity index is 828. The number of rotatable bonds is 2. The molecular weight excluding hydrogens is 265 g/mol. The molecule has 3 nitrogen and oxygen atoms in total. The van der Waals surface area contributed by atoms with Crippen LogP contribution in [-0.4, -0.2) is 17.0 Å². The highest BCUT2D eigenvalue weighted by atomic mass is 19.1. The molecule has 0 saturated heterocycles. The topological polar surface area (TPSA) is 37.8 Å². The van der Waals surface area contributed by atoms with E-state index in [0.29, 0.717) is 11.4 Å². The molecule has 0 radical (unpaired) electrons. The van der Waals surface area contributed by atoms with Gasteiger partial charge in [-0.1, -0.05) is 12.1 Å². The molecule has 0 spiro atoms. The Kier molecular flexibility index (Phi) is 3.29. The average Bonchev–Trinajstić information content (AvgIpc) is 2.49. The Morgan fingerprint density at radius 1 is 1.00 bits per heavy atom. The van der Waals surface area contributed by atoms with Crippen LogP contribution in [0.15, 0.2) is 36.4 Å². The van der Waals surface area contributed by atoms with Gasteiger partial charge in [0, 0.05) is 18.0 Å². The van der Waals surface area contributed by atoms with Crippen LogP contribution in [0, 0.1) is 19.7 Å². The average molecular weight is 281 g/mol. The standard InChI is InChI=1S/C17H16FN3/c1-10-5-4-6-14-15(10)17(19-3)21-16(20-14)12-7-8-13(18)11(2)9-12/h4-9H,1-3H3,(H,19,20,21). The van der Waals surface area contributed by atoms with E-state index in [-0.39, 0.29) is 5.82 Å². The summed E-state index contributed by atoms with van der Waals surface area (Å²) in [5.41, 5.74) is 3.41. The van der Waals surface area contributed by atoms with E-state index in [1.54, 1.807) is 19.1 Å². The number of aromatic nitrogens is 2. The van der Waals surface area contributed by atoms with Crippen molar-refractivity contribution in [3.05, 3.63) is 53.3 Å². The van der Waals surface area contributed by atoms with Gasteiger partial charge in [-0.15, -0.1) is 0 Å². The van der Waals surface area contributed by atoms with Crippen LogP contribution in [0.4, 0.5) is 10.2 Å². The van der Waals surface area contributed by atoms with Gasteiger partial charge in [0.15, 0.2) is 5.82 Å². The van der Waals surface area contributed by atoms with Crippen LogP contribution in [0.25, 0.3) is 22.3 Å². The van der Waals surface area contributed by atoms with Crippen molar-refractivity contribution in [3.8, 4) is 11.4 Å². The molecule has 0 atom stereocenters. The van der Waals surface area contributed by atoms with E-state index in [1.165, 1.54) is 6.07 Å². The lowest BCUT2D eigenvalue weighted by Gasteiger charge is -2.10. The Labute approximate surface area is 122 Å². The summed E-state index contributed by atoms with van der Waals surface area (Å²) in [7, 11) is 1.84. The number of hydrogen-bond acceptors (Lipinski definition) is 3. The number of nitrogens with zero attached hydrogens (tertiary/aromatic N) is 2. The summed E-state index contributed by atoms with van der Waals surface area (Å²) in [5, 5.41) is 4.14. The first-order valence-electron chi connectivity index (χ1n) is 6.82. The number of aryl methyl sites for hydroxylation is 2. The number of nitrogens with one attached hydrogen (secondary N) is 1. The van der Waals surface area contributed by atoms with Gasteiger partial charge < -0.3 is 5.32 Å². The van der Waals surface area contributed by atoms with E-state index in [0.717, 1.165) is 27.8 Å². The second-order valence-electron chi connectivity index (χ2n) is 5.08. The summed E-state index contributed by atoms with van der Waals surface area (Å²) in [4.78, 5) is 9.19. The maximum atomic E-state index is 13.4. The van der Waals surface area contributed by atoms with Gasteiger partial charge in [0.05, 0.1) is 5.52 Å². The number of fused-ring (bicyclic) bond motifs is 1. The largest absolute Gasteiger partial charge is 0.373 e. The molecule has 1 heterocycles. The van der Waals surface area contributed by atoms with Crippen molar-refractivity contribution < 1.29 is 4.39 Å². The maximum Gasteiger partial charge on any atom is 0.162 e. The second-order valence-corrected chi connectivity index (χ2v) is 5.08. The Hall–Kier alpha value is -2.49. The molecule has 106 valence electrons. The molecule has 0 amide bonds. The summed E-state index contributed by atoms with van der Waals surface area (Å²) < 4.78 is 13.4. The molecule has 4 heteroatoms. The number of benzene rings is 2. The minimum absolute atomic E-state index is 0.218. The third kappa shape index (κ3) is 2.33. The van der Waals surface area contributed by atoms with E-state index < -0.39 is 0 Å². The van der Waals surface area contributed by atoms with Crippen molar-refractivity contribution >= 4 is 16.7 Å². The summed E-state index contributed by atoms with van der Waals surface area (Å²) >= 11 is 0. The lowest BCUT2D eigenvalue weighted by molar-refractivity contribution is 0.618. The van der Waals surface area contributed by atoms with Crippen molar-refractivity contribution in [3.63, 3.8) is 0 Å². The minimum Gasteiger partial charge on any atom is -0.373 e. The van der Waals surface area contributed by atoms with E-state index in [1.807, 2.05) is 32.2 Å². The Morgan fingerprint density at radius 2 is 1.81 bits per heavy atom. The fourth-order valence-electron chi connectivity index (χ4n) is 2.45. The van der Waals surface area contributed by atoms with Gasteiger partial charge in [-0.25, -0.2) is 14.4 Å². The van der Waals surface area contributed by atoms with Gasteiger partial charge in [0.1, 0.15) is 11.6 Å². The molecule has 1 N–H and O–H groups in total. The van der Waals surface area contributed by atoms with Crippen LogP contribution in [0.2, 0.25) is 0 Å². The zero-order chi connectivity index (χ0) is 15.0. The number of halogens is 1. The maximum absolute atomic E-state index is 13.4. The van der Waals surface area contributed by atoms with E-state index in [4.69, 9.17) is 0 Å². The van der Waals surface area contributed by atoms with Crippen molar-refractivity contribution in [2.75, 3.05) is 12.4 Å². The molecule has 0 bridgehead atoms. The summed E-state index contributed by atoms with van der Waals surface area (Å²) in [6.45, 7) is 3.78. The highest BCUT2D eigenvalue weighted by Gasteiger charge is 2.11. The number of anilines is 1. The molecule has 0 saturated carbocycles. The molecule has 0 aliphatic carbocycles. The quantitative estimate of drug-likeness (QED) is 0.768. The summed E-state index contributed by atoms with van der Waals surface area (Å²) in [6, 6.07) is 10.9. The van der Waals surface area contributed by atoms with Gasteiger partial charge in [0.2, 0.25) is 0 Å². The highest BCUT2D eigenvalue weighted by molar-refractivity contribution is 5.93. The molecule has 2 aromatic carbocycles. The predicted molar refractivity (Wildman–Crippen MR) is 84.0 cm³/mol. The first-order valence-corrected chi connectivity index (χ1v) is 6.82. The zero-order valence-corrected chi connectivity index (χ0v) is 12.2. The number of hydrogen-bond donors (Lipinski definition) is 1. The fourth-order valence-corrected chi connectivity index (χ4v) is 2.45. The summed E-state index contributed by atoms with van der Waals surface area (Å²) in [5.74, 6) is 1.17. The van der Waals surface area contributed by atoms with Crippen molar-refractivity contribution in [2.45, 2.75) is 13.8 Å². The third-order valence-electron chi connectivity index (χ3n) is 3.58.